The molecule has 242 valence electrons. The molecular formula is C35H45N3O6S. The maximum Gasteiger partial charge on any atom is 0.269 e. The SMILES string of the molecule is CCS(O)(O)NC(=O)c1ccc2c(C3CCCCC3)c3n(c2c1)CC1(C(=O)N2C[C@@H](C)O[C@@H](C)C2)CC1c1cc(OC)ccc1-3. The third-order valence-electron chi connectivity index (χ3n) is 10.6. The quantitative estimate of drug-likeness (QED) is 0.272. The van der Waals surface area contributed by atoms with Crippen molar-refractivity contribution < 1.29 is 28.2 Å². The molecule has 4 aliphatic rings. The second kappa shape index (κ2) is 11.3. The Hall–Kier alpha value is -3.05. The molecule has 0 spiro atoms. The molecule has 45 heavy (non-hydrogen) atoms. The number of nitrogens with zero attached hydrogens (tertiary/aromatic N) is 2. The van der Waals surface area contributed by atoms with Crippen LogP contribution in [0.25, 0.3) is 22.2 Å². The lowest BCUT2D eigenvalue weighted by molar-refractivity contribution is -0.149. The summed E-state index contributed by atoms with van der Waals surface area (Å²) >= 11 is 0. The van der Waals surface area contributed by atoms with Crippen LogP contribution in [0.1, 0.15) is 92.6 Å². The highest BCUT2D eigenvalue weighted by Crippen LogP contribution is 2.66. The topological polar surface area (TPSA) is 113 Å². The van der Waals surface area contributed by atoms with E-state index >= 15 is 0 Å². The van der Waals surface area contributed by atoms with E-state index < -0.39 is 22.1 Å². The Labute approximate surface area is 266 Å². The highest BCUT2D eigenvalue weighted by Gasteiger charge is 2.64. The number of hydrogen-bond acceptors (Lipinski definition) is 6. The molecule has 2 aliphatic heterocycles. The number of nitrogens with one attached hydrogen (secondary N) is 1. The maximum absolute atomic E-state index is 14.7. The van der Waals surface area contributed by atoms with Crippen molar-refractivity contribution in [2.75, 3.05) is 26.0 Å². The number of methoxy groups -OCH3 is 1. The van der Waals surface area contributed by atoms with Crippen LogP contribution in [-0.2, 0) is 16.1 Å². The minimum Gasteiger partial charge on any atom is -0.497 e. The molecule has 0 bridgehead atoms. The van der Waals surface area contributed by atoms with Gasteiger partial charge in [-0.2, -0.15) is 0 Å². The van der Waals surface area contributed by atoms with E-state index in [0.29, 0.717) is 31.1 Å². The molecule has 4 atom stereocenters. The van der Waals surface area contributed by atoms with Gasteiger partial charge in [0.05, 0.1) is 36.2 Å². The molecule has 10 heteroatoms. The zero-order chi connectivity index (χ0) is 31.7. The minimum absolute atomic E-state index is 0.0261. The number of carbonyl (C=O) groups excluding carboxylic acids is 2. The molecule has 2 aromatic carbocycles. The normalized spacial score (nSPS) is 26.8. The van der Waals surface area contributed by atoms with Gasteiger partial charge in [0.25, 0.3) is 5.91 Å². The van der Waals surface area contributed by atoms with Crippen molar-refractivity contribution in [2.45, 2.75) is 89.9 Å². The lowest BCUT2D eigenvalue weighted by Gasteiger charge is -2.37. The van der Waals surface area contributed by atoms with Crippen LogP contribution >= 0.6 is 10.8 Å². The Morgan fingerprint density at radius 3 is 2.49 bits per heavy atom. The summed E-state index contributed by atoms with van der Waals surface area (Å²) in [5, 5.41) is 1.10. The van der Waals surface area contributed by atoms with E-state index in [1.807, 2.05) is 36.9 Å². The summed E-state index contributed by atoms with van der Waals surface area (Å²) in [6, 6.07) is 12.0. The smallest absolute Gasteiger partial charge is 0.269 e. The Morgan fingerprint density at radius 1 is 1.07 bits per heavy atom. The highest BCUT2D eigenvalue weighted by atomic mass is 32.3. The molecular weight excluding hydrogens is 590 g/mol. The number of carbonyl (C=O) groups is 2. The minimum atomic E-state index is -3.23. The molecule has 9 nitrogen and oxygen atoms in total. The first-order valence-electron chi connectivity index (χ1n) is 16.4. The third-order valence-corrected chi connectivity index (χ3v) is 11.9. The molecule has 3 heterocycles. The standard InChI is InChI=1S/C35H45N3O6S/c1-5-45(41,42)36-33(39)24-11-13-27-30(15-24)38-20-35(34(40)37-18-21(2)44-22(3)19-37)17-29(35)28-16-25(43-4)12-14-26(28)32(38)31(27)23-9-7-6-8-10-23/h11-16,21-23,29,41-42H,5-10,17-20H2,1-4H3,(H,36,39)/t21-,22+,29?,35?. The first kappa shape index (κ1) is 30.6. The summed E-state index contributed by atoms with van der Waals surface area (Å²) in [4.78, 5) is 29.9. The second-order valence-corrected chi connectivity index (χ2v) is 15.8. The zero-order valence-electron chi connectivity index (χ0n) is 26.7. The molecule has 1 saturated heterocycles. The van der Waals surface area contributed by atoms with Gasteiger partial charge in [-0.3, -0.25) is 18.7 Å². The summed E-state index contributed by atoms with van der Waals surface area (Å²) in [5.74, 6) is 0.913. The van der Waals surface area contributed by atoms with E-state index in [1.54, 1.807) is 20.1 Å². The third kappa shape index (κ3) is 5.23. The highest BCUT2D eigenvalue weighted by molar-refractivity contribution is 8.23. The van der Waals surface area contributed by atoms with E-state index in [0.717, 1.165) is 52.7 Å². The van der Waals surface area contributed by atoms with Crippen LogP contribution in [0.5, 0.6) is 5.75 Å². The molecule has 1 aromatic heterocycles. The van der Waals surface area contributed by atoms with Crippen LogP contribution in [-0.4, -0.2) is 68.5 Å². The Kier molecular flexibility index (Phi) is 7.70. The number of hydrogen-bond donors (Lipinski definition) is 3. The van der Waals surface area contributed by atoms with Crippen molar-refractivity contribution in [3.05, 3.63) is 53.1 Å². The van der Waals surface area contributed by atoms with Gasteiger partial charge in [-0.15, -0.1) is 10.8 Å². The molecule has 2 aliphatic carbocycles. The van der Waals surface area contributed by atoms with Gasteiger partial charge < -0.3 is 18.9 Å². The van der Waals surface area contributed by atoms with Crippen LogP contribution < -0.4 is 9.46 Å². The zero-order valence-corrected chi connectivity index (χ0v) is 27.5. The molecule has 2 unspecified atom stereocenters. The van der Waals surface area contributed by atoms with Gasteiger partial charge in [0, 0.05) is 47.6 Å². The van der Waals surface area contributed by atoms with Crippen LogP contribution in [0, 0.1) is 5.41 Å². The molecule has 0 radical (unpaired) electrons. The van der Waals surface area contributed by atoms with Gasteiger partial charge in [0.2, 0.25) is 5.91 Å². The van der Waals surface area contributed by atoms with E-state index in [9.17, 15) is 18.7 Å². The lowest BCUT2D eigenvalue weighted by atomic mass is 9.81. The molecule has 3 N–H and O–H groups in total. The van der Waals surface area contributed by atoms with E-state index in [2.05, 4.69) is 21.4 Å². The summed E-state index contributed by atoms with van der Waals surface area (Å²) < 4.78 is 37.0. The van der Waals surface area contributed by atoms with E-state index in [1.165, 1.54) is 24.8 Å². The van der Waals surface area contributed by atoms with Gasteiger partial charge in [0.15, 0.2) is 0 Å². The number of fused-ring (bicyclic) bond motifs is 7. The van der Waals surface area contributed by atoms with Crippen molar-refractivity contribution in [1.29, 1.82) is 0 Å². The summed E-state index contributed by atoms with van der Waals surface area (Å²) in [5.41, 5.74) is 5.41. The van der Waals surface area contributed by atoms with Crippen LogP contribution in [0.3, 0.4) is 0 Å². The van der Waals surface area contributed by atoms with Gasteiger partial charge in [-0.05, 0) is 87.4 Å². The summed E-state index contributed by atoms with van der Waals surface area (Å²) in [6.07, 6.45) is 6.51. The van der Waals surface area contributed by atoms with Crippen LogP contribution in [0.4, 0.5) is 0 Å². The Balaban J connectivity index is 1.43. The maximum atomic E-state index is 14.7. The average Bonchev–Trinajstić information content (AvgIpc) is 3.70. The molecule has 7 rings (SSSR count). The number of benzene rings is 2. The number of morpholine rings is 1. The van der Waals surface area contributed by atoms with Crippen LogP contribution in [0.2, 0.25) is 0 Å². The molecule has 2 saturated carbocycles. The number of rotatable bonds is 6. The fraction of sp³-hybridized carbons (Fsp3) is 0.543. The second-order valence-electron chi connectivity index (χ2n) is 13.6. The largest absolute Gasteiger partial charge is 0.497 e. The van der Waals surface area contributed by atoms with Crippen molar-refractivity contribution in [1.82, 2.24) is 14.2 Å². The monoisotopic (exact) mass is 635 g/mol. The van der Waals surface area contributed by atoms with Crippen molar-refractivity contribution in [3.8, 4) is 17.0 Å². The van der Waals surface area contributed by atoms with Crippen molar-refractivity contribution in [2.24, 2.45) is 5.41 Å². The number of amides is 2. The molecule has 2 amide bonds. The van der Waals surface area contributed by atoms with Gasteiger partial charge in [-0.1, -0.05) is 25.3 Å². The summed E-state index contributed by atoms with van der Waals surface area (Å²) in [6.45, 7) is 7.35. The summed E-state index contributed by atoms with van der Waals surface area (Å²) in [7, 11) is -1.54. The van der Waals surface area contributed by atoms with Gasteiger partial charge in [-0.25, -0.2) is 4.72 Å². The predicted molar refractivity (Wildman–Crippen MR) is 177 cm³/mol. The Morgan fingerprint density at radius 2 is 1.80 bits per heavy atom. The molecule has 3 aromatic rings. The van der Waals surface area contributed by atoms with Gasteiger partial charge >= 0.3 is 0 Å². The lowest BCUT2D eigenvalue weighted by Crippen LogP contribution is -2.51. The fourth-order valence-corrected chi connectivity index (χ4v) is 8.92. The predicted octanol–water partition coefficient (Wildman–Crippen LogP) is 6.90. The van der Waals surface area contributed by atoms with E-state index in [4.69, 9.17) is 9.47 Å². The number of aromatic nitrogens is 1. The molecule has 3 fully saturated rings. The first-order chi connectivity index (χ1) is 21.5. The van der Waals surface area contributed by atoms with Crippen molar-refractivity contribution in [3.63, 3.8) is 0 Å². The van der Waals surface area contributed by atoms with Crippen LogP contribution in [0.15, 0.2) is 36.4 Å². The average molecular weight is 636 g/mol. The van der Waals surface area contributed by atoms with Gasteiger partial charge in [0.1, 0.15) is 5.75 Å². The number of ether oxygens (including phenoxy) is 2. The first-order valence-corrected chi connectivity index (χ1v) is 18.1. The van der Waals surface area contributed by atoms with Crippen molar-refractivity contribution >= 4 is 33.5 Å². The fourth-order valence-electron chi connectivity index (χ4n) is 8.36. The van der Waals surface area contributed by atoms with E-state index in [-0.39, 0.29) is 29.8 Å². The Bertz CT molecular complexity index is 1650.